The number of ether oxygens (including phenoxy) is 1. The molecule has 162 valence electrons. The van der Waals surface area contributed by atoms with Gasteiger partial charge in [0.15, 0.2) is 0 Å². The van der Waals surface area contributed by atoms with Gasteiger partial charge >= 0.3 is 5.97 Å². The van der Waals surface area contributed by atoms with E-state index in [1.807, 2.05) is 6.92 Å². The van der Waals surface area contributed by atoms with E-state index in [2.05, 4.69) is 17.5 Å². The van der Waals surface area contributed by atoms with Gasteiger partial charge in [0.2, 0.25) is 17.7 Å². The minimum Gasteiger partial charge on any atom is -0.462 e. The van der Waals surface area contributed by atoms with Gasteiger partial charge in [-0.15, -0.1) is 0 Å². The van der Waals surface area contributed by atoms with E-state index in [9.17, 15) is 19.2 Å². The smallest absolute Gasteiger partial charge is 0.338 e. The van der Waals surface area contributed by atoms with Crippen molar-refractivity contribution < 1.29 is 23.9 Å². The van der Waals surface area contributed by atoms with E-state index in [1.165, 1.54) is 4.90 Å². The molecule has 7 nitrogen and oxygen atoms in total. The van der Waals surface area contributed by atoms with Crippen LogP contribution < -0.4 is 5.32 Å². The second-order valence-electron chi connectivity index (χ2n) is 9.08. The number of esters is 1. The van der Waals surface area contributed by atoms with Crippen LogP contribution in [0.25, 0.3) is 0 Å². The predicted molar refractivity (Wildman–Crippen MR) is 112 cm³/mol. The van der Waals surface area contributed by atoms with Crippen LogP contribution >= 0.6 is 0 Å². The van der Waals surface area contributed by atoms with Gasteiger partial charge < -0.3 is 10.1 Å². The molecule has 0 unspecified atom stereocenters. The fourth-order valence-electron chi connectivity index (χ4n) is 5.69. The van der Waals surface area contributed by atoms with E-state index in [1.54, 1.807) is 31.2 Å². The molecule has 2 saturated carbocycles. The highest BCUT2D eigenvalue weighted by molar-refractivity contribution is 6.10. The van der Waals surface area contributed by atoms with Crippen molar-refractivity contribution in [3.05, 3.63) is 42.0 Å². The summed E-state index contributed by atoms with van der Waals surface area (Å²) < 4.78 is 5.09. The molecule has 1 saturated heterocycles. The number of allylic oxidation sites excluding steroid dienone is 2. The van der Waals surface area contributed by atoms with Crippen LogP contribution in [0.1, 0.15) is 37.0 Å². The Morgan fingerprint density at radius 1 is 1.06 bits per heavy atom. The Balaban J connectivity index is 1.26. The first-order valence-electron chi connectivity index (χ1n) is 11.1. The Hall–Kier alpha value is -2.96. The molecule has 3 fully saturated rings. The molecule has 1 N–H and O–H groups in total. The van der Waals surface area contributed by atoms with Crippen LogP contribution in [0.5, 0.6) is 0 Å². The molecule has 0 spiro atoms. The van der Waals surface area contributed by atoms with Gasteiger partial charge in [-0.3, -0.25) is 19.3 Å². The van der Waals surface area contributed by atoms with Crippen molar-refractivity contribution in [1.29, 1.82) is 0 Å². The molecule has 2 bridgehead atoms. The summed E-state index contributed by atoms with van der Waals surface area (Å²) in [6.07, 6.45) is 6.08. The van der Waals surface area contributed by atoms with E-state index < -0.39 is 17.9 Å². The van der Waals surface area contributed by atoms with E-state index >= 15 is 0 Å². The van der Waals surface area contributed by atoms with E-state index in [-0.39, 0.29) is 35.5 Å². The number of hydrogen-bond acceptors (Lipinski definition) is 5. The summed E-state index contributed by atoms with van der Waals surface area (Å²) in [5, 5.41) is 2.75. The second-order valence-corrected chi connectivity index (χ2v) is 9.08. The van der Waals surface area contributed by atoms with Crippen molar-refractivity contribution >= 4 is 29.4 Å². The Morgan fingerprint density at radius 3 is 2.19 bits per heavy atom. The maximum Gasteiger partial charge on any atom is 0.338 e. The van der Waals surface area contributed by atoms with Crippen molar-refractivity contribution in [2.75, 3.05) is 11.9 Å². The zero-order valence-corrected chi connectivity index (χ0v) is 17.6. The van der Waals surface area contributed by atoms with Gasteiger partial charge in [0.25, 0.3) is 0 Å². The van der Waals surface area contributed by atoms with E-state index in [4.69, 9.17) is 4.74 Å². The summed E-state index contributed by atoms with van der Waals surface area (Å²) in [6.45, 7) is 3.87. The highest BCUT2D eigenvalue weighted by atomic mass is 16.5. The second kappa shape index (κ2) is 7.32. The first-order valence-corrected chi connectivity index (χ1v) is 11.1. The summed E-state index contributed by atoms with van der Waals surface area (Å²) in [5.41, 5.74) is 0.887. The van der Waals surface area contributed by atoms with Gasteiger partial charge in [-0.05, 0) is 67.7 Å². The molecule has 1 aromatic rings. The molecule has 7 atom stereocenters. The van der Waals surface area contributed by atoms with Gasteiger partial charge in [0, 0.05) is 5.69 Å². The lowest BCUT2D eigenvalue weighted by Gasteiger charge is -2.37. The summed E-state index contributed by atoms with van der Waals surface area (Å²) in [7, 11) is 0. The lowest BCUT2D eigenvalue weighted by molar-refractivity contribution is -0.146. The zero-order valence-electron chi connectivity index (χ0n) is 17.6. The SMILES string of the molecule is CCCOC(=O)c1ccc(NC(=O)[C@@H](C)N2C(=O)[C@H]3[C@@H]4C=C[C@H]([C@H]5C[C@H]45)[C@@H]3C2=O)cc1. The molecule has 1 aliphatic heterocycles. The number of carbonyl (C=O) groups excluding carboxylic acids is 4. The maximum absolute atomic E-state index is 13.1. The Labute approximate surface area is 180 Å². The predicted octanol–water partition coefficient (Wildman–Crippen LogP) is 2.63. The van der Waals surface area contributed by atoms with Gasteiger partial charge in [-0.2, -0.15) is 0 Å². The Kier molecular flexibility index (Phi) is 4.72. The third kappa shape index (κ3) is 3.09. The quantitative estimate of drug-likeness (QED) is 0.432. The number of nitrogens with zero attached hydrogens (tertiary/aromatic N) is 1. The fourth-order valence-corrected chi connectivity index (χ4v) is 5.69. The van der Waals surface area contributed by atoms with Crippen molar-refractivity contribution in [3.8, 4) is 0 Å². The van der Waals surface area contributed by atoms with Gasteiger partial charge in [0.1, 0.15) is 6.04 Å². The molecular weight excluding hydrogens is 396 g/mol. The van der Waals surface area contributed by atoms with Gasteiger partial charge in [-0.25, -0.2) is 4.79 Å². The molecule has 31 heavy (non-hydrogen) atoms. The summed E-state index contributed by atoms with van der Waals surface area (Å²) in [5.74, 6) is -0.553. The Bertz CT molecular complexity index is 948. The maximum atomic E-state index is 13.1. The van der Waals surface area contributed by atoms with Crippen molar-refractivity contribution in [2.24, 2.45) is 35.5 Å². The number of amides is 3. The lowest BCUT2D eigenvalue weighted by Crippen LogP contribution is -2.46. The number of carbonyl (C=O) groups is 4. The van der Waals surface area contributed by atoms with Crippen molar-refractivity contribution in [2.45, 2.75) is 32.7 Å². The summed E-state index contributed by atoms with van der Waals surface area (Å²) in [6, 6.07) is 5.48. The normalized spacial score (nSPS) is 33.0. The number of nitrogens with one attached hydrogen (secondary N) is 1. The van der Waals surface area contributed by atoms with Crippen LogP contribution in [0.15, 0.2) is 36.4 Å². The molecule has 6 rings (SSSR count). The molecule has 0 aromatic heterocycles. The summed E-state index contributed by atoms with van der Waals surface area (Å²) >= 11 is 0. The third-order valence-corrected chi connectivity index (χ3v) is 7.29. The molecule has 5 aliphatic rings. The van der Waals surface area contributed by atoms with Crippen LogP contribution in [-0.2, 0) is 19.1 Å². The largest absolute Gasteiger partial charge is 0.462 e. The molecule has 3 amide bonds. The van der Waals surface area contributed by atoms with E-state index in [0.717, 1.165) is 12.8 Å². The number of hydrogen-bond donors (Lipinski definition) is 1. The van der Waals surface area contributed by atoms with Crippen LogP contribution in [0.4, 0.5) is 5.69 Å². The lowest BCUT2D eigenvalue weighted by atomic mass is 9.63. The van der Waals surface area contributed by atoms with Crippen LogP contribution in [0.3, 0.4) is 0 Å². The minimum absolute atomic E-state index is 0.136. The topological polar surface area (TPSA) is 92.8 Å². The van der Waals surface area contributed by atoms with Crippen LogP contribution in [0.2, 0.25) is 0 Å². The zero-order chi connectivity index (χ0) is 21.9. The van der Waals surface area contributed by atoms with Crippen molar-refractivity contribution in [3.63, 3.8) is 0 Å². The standard InChI is InChI=1S/C24H26N2O5/c1-3-10-31-24(30)13-4-6-14(7-5-13)25-21(27)12(2)26-22(28)19-15-8-9-16(18-11-17(15)18)20(19)23(26)29/h4-9,12,15-20H,3,10-11H2,1-2H3,(H,25,27)/t12-,15-,16-,17-,18-,19+,20+/m1/s1. The molecule has 1 heterocycles. The number of likely N-dealkylation sites (tertiary alicyclic amines) is 1. The first kappa shape index (κ1) is 20.0. The minimum atomic E-state index is -0.893. The molecule has 7 heteroatoms. The molecular formula is C24H26N2O5. The highest BCUT2D eigenvalue weighted by Gasteiger charge is 2.67. The van der Waals surface area contributed by atoms with E-state index in [0.29, 0.717) is 29.7 Å². The average Bonchev–Trinajstić information content (AvgIpc) is 3.55. The average molecular weight is 422 g/mol. The molecule has 4 aliphatic carbocycles. The molecule has 1 aromatic carbocycles. The number of anilines is 1. The fraction of sp³-hybridized carbons (Fsp3) is 0.500. The van der Waals surface area contributed by atoms with Crippen molar-refractivity contribution in [1.82, 2.24) is 4.90 Å². The number of benzene rings is 1. The van der Waals surface area contributed by atoms with Gasteiger partial charge in [0.05, 0.1) is 24.0 Å². The number of imide groups is 1. The first-order chi connectivity index (χ1) is 14.9. The van der Waals surface area contributed by atoms with Gasteiger partial charge in [-0.1, -0.05) is 19.1 Å². The number of rotatable bonds is 6. The highest BCUT2D eigenvalue weighted by Crippen LogP contribution is 2.65. The molecule has 0 radical (unpaired) electrons. The Morgan fingerprint density at radius 2 is 1.65 bits per heavy atom. The third-order valence-electron chi connectivity index (χ3n) is 7.29. The summed E-state index contributed by atoms with van der Waals surface area (Å²) in [4.78, 5) is 52.2. The van der Waals surface area contributed by atoms with Crippen LogP contribution in [-0.4, -0.2) is 41.2 Å². The van der Waals surface area contributed by atoms with Crippen LogP contribution in [0, 0.1) is 35.5 Å². The monoisotopic (exact) mass is 422 g/mol.